The number of fused-ring (bicyclic) bond motifs is 10. The first-order chi connectivity index (χ1) is 29.3. The summed E-state index contributed by atoms with van der Waals surface area (Å²) in [6.45, 7) is 0. The predicted octanol–water partition coefficient (Wildman–Crippen LogP) is 14.6. The Kier molecular flexibility index (Phi) is 6.85. The molecule has 0 spiro atoms. The highest BCUT2D eigenvalue weighted by Gasteiger charge is 2.26. The van der Waals surface area contributed by atoms with E-state index in [1.54, 1.807) is 0 Å². The van der Waals surface area contributed by atoms with Crippen LogP contribution in [0.25, 0.3) is 120 Å². The Morgan fingerprint density at radius 3 is 1.66 bits per heavy atom. The molecule has 8 aromatic carbocycles. The van der Waals surface area contributed by atoms with E-state index in [4.69, 9.17) is 9.97 Å². The maximum Gasteiger partial charge on any atom is 0.235 e. The van der Waals surface area contributed by atoms with Gasteiger partial charge in [0, 0.05) is 48.1 Å². The summed E-state index contributed by atoms with van der Waals surface area (Å²) in [5.41, 5.74) is 13.7. The molecule has 5 heterocycles. The van der Waals surface area contributed by atoms with Gasteiger partial charge in [0.15, 0.2) is 0 Å². The summed E-state index contributed by atoms with van der Waals surface area (Å²) < 4.78 is 4.76. The van der Waals surface area contributed by atoms with E-state index >= 15 is 0 Å². The number of hydrogen-bond acceptors (Lipinski definition) is 3. The molecule has 274 valence electrons. The molecule has 0 radical (unpaired) electrons. The fraction of sp³-hybridized carbons (Fsp3) is 0. The Morgan fingerprint density at radius 2 is 0.915 bits per heavy atom. The van der Waals surface area contributed by atoms with Gasteiger partial charge in [-0.2, -0.15) is 0 Å². The minimum atomic E-state index is 0.666. The molecule has 0 unspecified atom stereocenters. The first-order valence-electron chi connectivity index (χ1n) is 20.0. The van der Waals surface area contributed by atoms with Crippen LogP contribution >= 0.6 is 11.3 Å². The van der Waals surface area contributed by atoms with E-state index in [0.29, 0.717) is 5.95 Å². The highest BCUT2D eigenvalue weighted by Crippen LogP contribution is 2.51. The van der Waals surface area contributed by atoms with Gasteiger partial charge in [0.05, 0.1) is 43.7 Å². The summed E-state index contributed by atoms with van der Waals surface area (Å²) in [5.74, 6) is 0.666. The van der Waals surface area contributed by atoms with E-state index in [2.05, 4.69) is 191 Å². The number of nitrogens with zero attached hydrogens (tertiary/aromatic N) is 4. The van der Waals surface area contributed by atoms with Gasteiger partial charge in [-0.05, 0) is 58.7 Å². The lowest BCUT2D eigenvalue weighted by Gasteiger charge is -2.12. The molecule has 5 heteroatoms. The Balaban J connectivity index is 1.02. The highest BCUT2D eigenvalue weighted by molar-refractivity contribution is 7.21. The number of aromatic nitrogens is 4. The van der Waals surface area contributed by atoms with Gasteiger partial charge in [0.25, 0.3) is 0 Å². The maximum atomic E-state index is 5.28. The van der Waals surface area contributed by atoms with Crippen molar-refractivity contribution >= 4 is 82.1 Å². The van der Waals surface area contributed by atoms with Crippen LogP contribution in [0, 0.1) is 0 Å². The summed E-state index contributed by atoms with van der Waals surface area (Å²) in [6, 6.07) is 69.8. The van der Waals surface area contributed by atoms with Crippen LogP contribution in [0.15, 0.2) is 194 Å². The lowest BCUT2D eigenvalue weighted by atomic mass is 10.00. The first-order valence-corrected chi connectivity index (χ1v) is 20.8. The summed E-state index contributed by atoms with van der Waals surface area (Å²) in [5, 5.41) is 8.55. The highest BCUT2D eigenvalue weighted by atomic mass is 32.1. The van der Waals surface area contributed by atoms with Crippen molar-refractivity contribution in [1.29, 1.82) is 0 Å². The van der Waals surface area contributed by atoms with Crippen molar-refractivity contribution in [1.82, 2.24) is 18.9 Å². The van der Waals surface area contributed by atoms with Crippen LogP contribution in [0.3, 0.4) is 0 Å². The normalized spacial score (nSPS) is 12.1. The number of benzene rings is 8. The van der Waals surface area contributed by atoms with Gasteiger partial charge in [-0.25, -0.2) is 9.97 Å². The van der Waals surface area contributed by atoms with Crippen molar-refractivity contribution in [3.05, 3.63) is 194 Å². The lowest BCUT2D eigenvalue weighted by molar-refractivity contribution is 1.01. The number of thiophene rings is 1. The zero-order valence-corrected chi connectivity index (χ0v) is 32.5. The molecule has 0 amide bonds. The van der Waals surface area contributed by atoms with Crippen LogP contribution in [-0.2, 0) is 0 Å². The van der Waals surface area contributed by atoms with Crippen LogP contribution in [0.2, 0.25) is 0 Å². The van der Waals surface area contributed by atoms with Gasteiger partial charge < -0.3 is 4.40 Å². The summed E-state index contributed by atoms with van der Waals surface area (Å²) in [6.07, 6.45) is 0. The van der Waals surface area contributed by atoms with Crippen LogP contribution in [0.5, 0.6) is 0 Å². The van der Waals surface area contributed by atoms with Gasteiger partial charge >= 0.3 is 0 Å². The van der Waals surface area contributed by atoms with Crippen LogP contribution in [0.4, 0.5) is 0 Å². The molecule has 0 saturated heterocycles. The second kappa shape index (κ2) is 12.4. The largest absolute Gasteiger partial charge is 0.306 e. The van der Waals surface area contributed by atoms with Crippen molar-refractivity contribution in [2.45, 2.75) is 0 Å². The topological polar surface area (TPSA) is 35.1 Å². The van der Waals surface area contributed by atoms with Gasteiger partial charge in [-0.3, -0.25) is 4.57 Å². The average molecular weight is 769 g/mol. The maximum absolute atomic E-state index is 5.28. The van der Waals surface area contributed by atoms with E-state index < -0.39 is 0 Å². The number of hydrogen-bond donors (Lipinski definition) is 0. The molecule has 4 nitrogen and oxygen atoms in total. The van der Waals surface area contributed by atoms with Crippen LogP contribution in [-0.4, -0.2) is 18.9 Å². The zero-order valence-electron chi connectivity index (χ0n) is 31.7. The molecule has 0 aliphatic carbocycles. The Morgan fingerprint density at radius 1 is 0.356 bits per heavy atom. The molecule has 59 heavy (non-hydrogen) atoms. The van der Waals surface area contributed by atoms with Crippen LogP contribution < -0.4 is 0 Å². The summed E-state index contributed by atoms with van der Waals surface area (Å²) in [4.78, 5) is 13.1. The monoisotopic (exact) mass is 768 g/mol. The molecule has 0 atom stereocenters. The Hall–Kier alpha value is -7.60. The van der Waals surface area contributed by atoms with Crippen molar-refractivity contribution in [3.63, 3.8) is 0 Å². The fourth-order valence-electron chi connectivity index (χ4n) is 9.49. The molecule has 13 rings (SSSR count). The molecule has 0 N–H and O–H groups in total. The molecule has 0 fully saturated rings. The molecule has 5 aromatic heterocycles. The second-order valence-electron chi connectivity index (χ2n) is 15.3. The minimum Gasteiger partial charge on any atom is -0.306 e. The smallest absolute Gasteiger partial charge is 0.235 e. The minimum absolute atomic E-state index is 0.666. The molecule has 0 bridgehead atoms. The SMILES string of the molecule is c1ccc(-c2nc(-n3c4ccccc4c4cc(-c5ccc6c(c5)c5cccc7c8c(-c9ccccc9)sc(-c9ccccc9)c8n6c57)ccc43)nc3ccccc23)cc1. The van der Waals surface area contributed by atoms with E-state index in [9.17, 15) is 0 Å². The third-order valence-electron chi connectivity index (χ3n) is 12.1. The number of para-hydroxylation sites is 3. The quantitative estimate of drug-likeness (QED) is 0.175. The Bertz CT molecular complexity index is 3770. The zero-order chi connectivity index (χ0) is 38.6. The van der Waals surface area contributed by atoms with Crippen molar-refractivity contribution in [2.24, 2.45) is 0 Å². The van der Waals surface area contributed by atoms with Gasteiger partial charge in [0.1, 0.15) is 0 Å². The standard InChI is InChI=1S/C54H32N4S/c1-4-15-33(16-5-1)49-40-22-10-12-25-44(40)55-54(56-49)57-45-26-13-11-21-38(45)42-31-36(27-29-46(42)57)37-28-30-47-43(32-37)39-23-14-24-41-48-51(58(47)50(39)41)53(35-19-8-3-9-20-35)59-52(48)34-17-6-2-7-18-34/h1-32H. The van der Waals surface area contributed by atoms with Gasteiger partial charge in [-0.15, -0.1) is 11.3 Å². The van der Waals surface area contributed by atoms with Crippen LogP contribution in [0.1, 0.15) is 0 Å². The first kappa shape index (κ1) is 32.5. The van der Waals surface area contributed by atoms with E-state index in [1.165, 1.54) is 80.9 Å². The molecular formula is C54H32N4S. The van der Waals surface area contributed by atoms with E-state index in [0.717, 1.165) is 33.2 Å². The van der Waals surface area contributed by atoms with Gasteiger partial charge in [-0.1, -0.05) is 158 Å². The van der Waals surface area contributed by atoms with Crippen molar-refractivity contribution in [3.8, 4) is 49.2 Å². The second-order valence-corrected chi connectivity index (χ2v) is 16.3. The van der Waals surface area contributed by atoms with Crippen molar-refractivity contribution in [2.75, 3.05) is 0 Å². The number of rotatable bonds is 5. The predicted molar refractivity (Wildman–Crippen MR) is 248 cm³/mol. The third-order valence-corrected chi connectivity index (χ3v) is 13.4. The fourth-order valence-corrected chi connectivity index (χ4v) is 10.8. The Labute approximate surface area is 342 Å². The summed E-state index contributed by atoms with van der Waals surface area (Å²) >= 11 is 1.90. The molecule has 0 aliphatic heterocycles. The van der Waals surface area contributed by atoms with E-state index in [1.807, 2.05) is 23.5 Å². The van der Waals surface area contributed by atoms with Crippen molar-refractivity contribution < 1.29 is 0 Å². The lowest BCUT2D eigenvalue weighted by Crippen LogP contribution is -2.03. The summed E-state index contributed by atoms with van der Waals surface area (Å²) in [7, 11) is 0. The molecular weight excluding hydrogens is 737 g/mol. The average Bonchev–Trinajstić information content (AvgIpc) is 4.05. The van der Waals surface area contributed by atoms with Gasteiger partial charge in [0.2, 0.25) is 5.95 Å². The molecule has 0 saturated carbocycles. The molecule has 13 aromatic rings. The van der Waals surface area contributed by atoms with E-state index in [-0.39, 0.29) is 0 Å². The third kappa shape index (κ3) is 4.71. The molecule has 0 aliphatic rings.